The van der Waals surface area contributed by atoms with Crippen molar-refractivity contribution in [2.45, 2.75) is 46.5 Å². The highest BCUT2D eigenvalue weighted by Gasteiger charge is 2.52. The number of hydrogen-bond donors (Lipinski definition) is 0. The molecule has 0 amide bonds. The monoisotopic (exact) mass is 208 g/mol. The van der Waals surface area contributed by atoms with E-state index in [2.05, 4.69) is 13.8 Å². The molecule has 0 bridgehead atoms. The maximum Gasteiger partial charge on any atom is 0.146 e. The summed E-state index contributed by atoms with van der Waals surface area (Å²) in [6.45, 7) is 6.02. The van der Waals surface area contributed by atoms with Crippen LogP contribution in [0.3, 0.4) is 0 Å². The zero-order chi connectivity index (χ0) is 11.2. The highest BCUT2D eigenvalue weighted by Crippen LogP contribution is 2.53. The standard InChI is InChI=1S/C13H20O2/c1-8(11(14)9-5-4-6-9)12(15)10-7-13(10,2)3/h8-10H,4-7H2,1-3H3. The Morgan fingerprint density at radius 1 is 1.20 bits per heavy atom. The van der Waals surface area contributed by atoms with Gasteiger partial charge in [-0.2, -0.15) is 0 Å². The van der Waals surface area contributed by atoms with Crippen LogP contribution in [0.1, 0.15) is 46.5 Å². The van der Waals surface area contributed by atoms with Crippen molar-refractivity contribution >= 4 is 11.6 Å². The van der Waals surface area contributed by atoms with Gasteiger partial charge in [0.25, 0.3) is 0 Å². The quantitative estimate of drug-likeness (QED) is 0.665. The average molecular weight is 208 g/mol. The summed E-state index contributed by atoms with van der Waals surface area (Å²) < 4.78 is 0. The Morgan fingerprint density at radius 2 is 1.73 bits per heavy atom. The van der Waals surface area contributed by atoms with Crippen molar-refractivity contribution in [3.63, 3.8) is 0 Å². The van der Waals surface area contributed by atoms with Crippen LogP contribution in [0, 0.1) is 23.2 Å². The van der Waals surface area contributed by atoms with Gasteiger partial charge in [-0.25, -0.2) is 0 Å². The lowest BCUT2D eigenvalue weighted by Crippen LogP contribution is -2.32. The Labute approximate surface area is 91.4 Å². The molecule has 0 aliphatic heterocycles. The number of rotatable bonds is 4. The summed E-state index contributed by atoms with van der Waals surface area (Å²) in [5.74, 6) is 0.398. The number of ketones is 2. The van der Waals surface area contributed by atoms with E-state index in [1.54, 1.807) is 6.92 Å². The van der Waals surface area contributed by atoms with Gasteiger partial charge in [0, 0.05) is 11.8 Å². The predicted molar refractivity (Wildman–Crippen MR) is 58.4 cm³/mol. The first-order valence-electron chi connectivity index (χ1n) is 6.01. The molecular formula is C13H20O2. The van der Waals surface area contributed by atoms with Gasteiger partial charge in [-0.3, -0.25) is 9.59 Å². The minimum atomic E-state index is -0.345. The maximum atomic E-state index is 12.0. The lowest BCUT2D eigenvalue weighted by molar-refractivity contribution is -0.136. The molecule has 2 fully saturated rings. The lowest BCUT2D eigenvalue weighted by Gasteiger charge is -2.26. The molecule has 0 saturated heterocycles. The van der Waals surface area contributed by atoms with Crippen molar-refractivity contribution in [2.24, 2.45) is 23.2 Å². The van der Waals surface area contributed by atoms with Crippen LogP contribution in [0.15, 0.2) is 0 Å². The fraction of sp³-hybridized carbons (Fsp3) is 0.846. The van der Waals surface area contributed by atoms with Crippen molar-refractivity contribution in [2.75, 3.05) is 0 Å². The second kappa shape index (κ2) is 3.43. The SMILES string of the molecule is CC(C(=O)C1CCC1)C(=O)C1CC1(C)C. The van der Waals surface area contributed by atoms with Crippen molar-refractivity contribution in [1.82, 2.24) is 0 Å². The average Bonchev–Trinajstić information content (AvgIpc) is 2.69. The second-order valence-electron chi connectivity index (χ2n) is 5.90. The van der Waals surface area contributed by atoms with Crippen LogP contribution < -0.4 is 0 Å². The number of Topliss-reactive ketones (excluding diaryl/α,β-unsaturated/α-hetero) is 2. The van der Waals surface area contributed by atoms with Crippen LogP contribution in [0.25, 0.3) is 0 Å². The molecule has 2 aliphatic rings. The molecule has 0 heterocycles. The molecule has 84 valence electrons. The van der Waals surface area contributed by atoms with Crippen molar-refractivity contribution in [3.05, 3.63) is 0 Å². The second-order valence-corrected chi connectivity index (χ2v) is 5.90. The van der Waals surface area contributed by atoms with Gasteiger partial charge in [0.15, 0.2) is 0 Å². The molecule has 2 atom stereocenters. The molecule has 0 spiro atoms. The summed E-state index contributed by atoms with van der Waals surface area (Å²) in [4.78, 5) is 23.9. The molecule has 2 rings (SSSR count). The summed E-state index contributed by atoms with van der Waals surface area (Å²) in [6.07, 6.45) is 4.13. The van der Waals surface area contributed by atoms with E-state index in [1.807, 2.05) is 0 Å². The van der Waals surface area contributed by atoms with Crippen LogP contribution >= 0.6 is 0 Å². The van der Waals surface area contributed by atoms with Crippen LogP contribution in [0.2, 0.25) is 0 Å². The Morgan fingerprint density at radius 3 is 2.07 bits per heavy atom. The van der Waals surface area contributed by atoms with Gasteiger partial charge in [0.05, 0.1) is 5.92 Å². The number of carbonyl (C=O) groups excluding carboxylic acids is 2. The fourth-order valence-corrected chi connectivity index (χ4v) is 2.44. The molecule has 15 heavy (non-hydrogen) atoms. The fourth-order valence-electron chi connectivity index (χ4n) is 2.44. The highest BCUT2D eigenvalue weighted by atomic mass is 16.2. The van der Waals surface area contributed by atoms with Crippen LogP contribution in [0.5, 0.6) is 0 Å². The van der Waals surface area contributed by atoms with Gasteiger partial charge in [-0.05, 0) is 31.6 Å². The van der Waals surface area contributed by atoms with E-state index in [1.165, 1.54) is 0 Å². The highest BCUT2D eigenvalue weighted by molar-refractivity contribution is 6.05. The predicted octanol–water partition coefficient (Wildman–Crippen LogP) is 2.61. The summed E-state index contributed by atoms with van der Waals surface area (Å²) in [7, 11) is 0. The molecular weight excluding hydrogens is 188 g/mol. The van der Waals surface area contributed by atoms with E-state index in [0.29, 0.717) is 0 Å². The third-order valence-electron chi connectivity index (χ3n) is 4.22. The Hall–Kier alpha value is -0.660. The molecule has 0 aromatic carbocycles. The first-order valence-corrected chi connectivity index (χ1v) is 6.01. The molecule has 0 N–H and O–H groups in total. The minimum absolute atomic E-state index is 0.150. The molecule has 0 aromatic heterocycles. The van der Waals surface area contributed by atoms with Crippen molar-refractivity contribution in [1.29, 1.82) is 0 Å². The first kappa shape index (κ1) is 10.8. The van der Waals surface area contributed by atoms with Gasteiger partial charge in [-0.1, -0.05) is 20.3 Å². The van der Waals surface area contributed by atoms with E-state index in [4.69, 9.17) is 0 Å². The first-order chi connectivity index (χ1) is 6.93. The summed E-state index contributed by atoms with van der Waals surface area (Å²) in [5.41, 5.74) is 0.158. The zero-order valence-electron chi connectivity index (χ0n) is 9.88. The van der Waals surface area contributed by atoms with E-state index in [0.717, 1.165) is 25.7 Å². The lowest BCUT2D eigenvalue weighted by atomic mass is 9.76. The molecule has 2 heteroatoms. The molecule has 2 unspecified atom stereocenters. The van der Waals surface area contributed by atoms with E-state index in [-0.39, 0.29) is 34.7 Å². The number of carbonyl (C=O) groups is 2. The largest absolute Gasteiger partial charge is 0.299 e. The minimum Gasteiger partial charge on any atom is -0.299 e. The molecule has 2 nitrogen and oxygen atoms in total. The van der Waals surface area contributed by atoms with Gasteiger partial charge in [-0.15, -0.1) is 0 Å². The third kappa shape index (κ3) is 1.86. The summed E-state index contributed by atoms with van der Waals surface area (Å²) in [6, 6.07) is 0. The Balaban J connectivity index is 1.93. The van der Waals surface area contributed by atoms with Gasteiger partial charge < -0.3 is 0 Å². The summed E-state index contributed by atoms with van der Waals surface area (Å²) >= 11 is 0. The van der Waals surface area contributed by atoms with E-state index >= 15 is 0 Å². The van der Waals surface area contributed by atoms with Crippen molar-refractivity contribution < 1.29 is 9.59 Å². The molecule has 2 aliphatic carbocycles. The molecule has 2 saturated carbocycles. The Kier molecular flexibility index (Phi) is 2.48. The zero-order valence-corrected chi connectivity index (χ0v) is 9.88. The Bertz CT molecular complexity index is 300. The van der Waals surface area contributed by atoms with Gasteiger partial charge in [0.1, 0.15) is 11.6 Å². The maximum absolute atomic E-state index is 12.0. The van der Waals surface area contributed by atoms with Crippen LogP contribution in [-0.2, 0) is 9.59 Å². The van der Waals surface area contributed by atoms with Crippen LogP contribution in [-0.4, -0.2) is 11.6 Å². The summed E-state index contributed by atoms with van der Waals surface area (Å²) in [5, 5.41) is 0. The normalized spacial score (nSPS) is 30.5. The van der Waals surface area contributed by atoms with E-state index < -0.39 is 0 Å². The smallest absolute Gasteiger partial charge is 0.146 e. The van der Waals surface area contributed by atoms with Crippen molar-refractivity contribution in [3.8, 4) is 0 Å². The third-order valence-corrected chi connectivity index (χ3v) is 4.22. The molecule has 0 radical (unpaired) electrons. The van der Waals surface area contributed by atoms with E-state index in [9.17, 15) is 9.59 Å². The topological polar surface area (TPSA) is 34.1 Å². The number of hydrogen-bond acceptors (Lipinski definition) is 2. The molecule has 0 aromatic rings. The van der Waals surface area contributed by atoms with Crippen LogP contribution in [0.4, 0.5) is 0 Å². The van der Waals surface area contributed by atoms with Gasteiger partial charge >= 0.3 is 0 Å². The van der Waals surface area contributed by atoms with Gasteiger partial charge in [0.2, 0.25) is 0 Å².